The van der Waals surface area contributed by atoms with Gasteiger partial charge in [-0.25, -0.2) is 4.98 Å². The molecule has 1 fully saturated rings. The molecular formula is C18H31N3O. The Morgan fingerprint density at radius 2 is 1.68 bits per heavy atom. The average Bonchev–Trinajstić information content (AvgIpc) is 2.83. The third kappa shape index (κ3) is 3.36. The summed E-state index contributed by atoms with van der Waals surface area (Å²) >= 11 is 0. The molecule has 4 nitrogen and oxygen atoms in total. The molecule has 0 aromatic carbocycles. The van der Waals surface area contributed by atoms with Crippen molar-refractivity contribution in [3.8, 4) is 0 Å². The van der Waals surface area contributed by atoms with Gasteiger partial charge in [0.1, 0.15) is 0 Å². The van der Waals surface area contributed by atoms with Crippen LogP contribution in [-0.2, 0) is 15.7 Å². The number of nitrogens with zero attached hydrogens (tertiary/aromatic N) is 3. The zero-order chi connectivity index (χ0) is 16.7. The van der Waals surface area contributed by atoms with Gasteiger partial charge in [-0.05, 0) is 33.6 Å². The van der Waals surface area contributed by atoms with Crippen LogP contribution < -0.4 is 0 Å². The molecule has 0 bridgehead atoms. The van der Waals surface area contributed by atoms with E-state index in [0.717, 1.165) is 25.9 Å². The molecule has 2 rings (SSSR count). The van der Waals surface area contributed by atoms with Crippen LogP contribution in [0.3, 0.4) is 0 Å². The molecule has 1 aliphatic heterocycles. The van der Waals surface area contributed by atoms with Crippen molar-refractivity contribution in [3.05, 3.63) is 17.7 Å². The molecule has 22 heavy (non-hydrogen) atoms. The molecule has 124 valence electrons. The van der Waals surface area contributed by atoms with Crippen molar-refractivity contribution in [2.24, 2.45) is 0 Å². The topological polar surface area (TPSA) is 38.1 Å². The van der Waals surface area contributed by atoms with Crippen LogP contribution in [0.15, 0.2) is 6.33 Å². The van der Waals surface area contributed by atoms with E-state index >= 15 is 0 Å². The minimum absolute atomic E-state index is 0.0357. The van der Waals surface area contributed by atoms with Gasteiger partial charge in [0.25, 0.3) is 0 Å². The normalized spacial score (nSPS) is 17.9. The Morgan fingerprint density at radius 1 is 1.14 bits per heavy atom. The maximum atomic E-state index is 11.5. The van der Waals surface area contributed by atoms with Crippen LogP contribution in [0.4, 0.5) is 0 Å². The Morgan fingerprint density at radius 3 is 2.09 bits per heavy atom. The Kier molecular flexibility index (Phi) is 4.42. The van der Waals surface area contributed by atoms with Gasteiger partial charge >= 0.3 is 0 Å². The fourth-order valence-electron chi connectivity index (χ4n) is 3.38. The largest absolute Gasteiger partial charge is 0.343 e. The number of amides is 1. The van der Waals surface area contributed by atoms with Crippen LogP contribution >= 0.6 is 0 Å². The SMILES string of the molecule is CC(=O)N1CCC(c2ncn(C(C)(C)C)c2C(C)(C)C)CC1. The van der Waals surface area contributed by atoms with E-state index < -0.39 is 0 Å². The zero-order valence-corrected chi connectivity index (χ0v) is 15.2. The smallest absolute Gasteiger partial charge is 0.219 e. The summed E-state index contributed by atoms with van der Waals surface area (Å²) in [5.41, 5.74) is 2.69. The molecule has 1 saturated heterocycles. The number of piperidine rings is 1. The van der Waals surface area contributed by atoms with E-state index in [2.05, 4.69) is 46.1 Å². The van der Waals surface area contributed by atoms with E-state index in [-0.39, 0.29) is 16.9 Å². The summed E-state index contributed by atoms with van der Waals surface area (Å²) in [5.74, 6) is 0.656. The highest BCUT2D eigenvalue weighted by atomic mass is 16.2. The van der Waals surface area contributed by atoms with Crippen LogP contribution in [0.5, 0.6) is 0 Å². The molecule has 0 unspecified atom stereocenters. The van der Waals surface area contributed by atoms with Crippen molar-refractivity contribution >= 4 is 5.91 Å². The van der Waals surface area contributed by atoms with Gasteiger partial charge < -0.3 is 9.47 Å². The number of likely N-dealkylation sites (tertiary alicyclic amines) is 1. The lowest BCUT2D eigenvalue weighted by molar-refractivity contribution is -0.129. The molecular weight excluding hydrogens is 274 g/mol. The summed E-state index contributed by atoms with van der Waals surface area (Å²) < 4.78 is 2.33. The van der Waals surface area contributed by atoms with Crippen LogP contribution in [-0.4, -0.2) is 33.4 Å². The van der Waals surface area contributed by atoms with Crippen LogP contribution in [0.25, 0.3) is 0 Å². The fraction of sp³-hybridized carbons (Fsp3) is 0.778. The number of imidazole rings is 1. The third-order valence-electron chi connectivity index (χ3n) is 4.56. The summed E-state index contributed by atoms with van der Waals surface area (Å²) in [6, 6.07) is 0. The van der Waals surface area contributed by atoms with E-state index in [1.54, 1.807) is 6.92 Å². The molecule has 1 aliphatic rings. The molecule has 1 amide bonds. The van der Waals surface area contributed by atoms with Gasteiger partial charge in [-0.15, -0.1) is 0 Å². The quantitative estimate of drug-likeness (QED) is 0.794. The molecule has 0 saturated carbocycles. The molecule has 1 aromatic heterocycles. The second-order valence-corrected chi connectivity index (χ2v) is 8.55. The number of hydrogen-bond acceptors (Lipinski definition) is 2. The van der Waals surface area contributed by atoms with Crippen molar-refractivity contribution in [1.29, 1.82) is 0 Å². The van der Waals surface area contributed by atoms with Gasteiger partial charge in [0.2, 0.25) is 5.91 Å². The summed E-state index contributed by atoms with van der Waals surface area (Å²) in [5, 5.41) is 0. The lowest BCUT2D eigenvalue weighted by Crippen LogP contribution is -2.37. The minimum Gasteiger partial charge on any atom is -0.343 e. The molecule has 4 heteroatoms. The first-order chi connectivity index (χ1) is 10.0. The van der Waals surface area contributed by atoms with Crippen molar-refractivity contribution in [2.75, 3.05) is 13.1 Å². The van der Waals surface area contributed by atoms with Gasteiger partial charge in [0.05, 0.1) is 12.0 Å². The first-order valence-corrected chi connectivity index (χ1v) is 8.35. The van der Waals surface area contributed by atoms with Gasteiger partial charge in [0.15, 0.2) is 0 Å². The van der Waals surface area contributed by atoms with E-state index in [1.165, 1.54) is 11.4 Å². The minimum atomic E-state index is 0.0357. The summed E-state index contributed by atoms with van der Waals surface area (Å²) in [6.07, 6.45) is 4.04. The molecule has 0 atom stereocenters. The number of rotatable bonds is 1. The Balaban J connectivity index is 2.33. The molecule has 0 aliphatic carbocycles. The number of carbonyl (C=O) groups is 1. The molecule has 0 spiro atoms. The Hall–Kier alpha value is -1.32. The highest BCUT2D eigenvalue weighted by molar-refractivity contribution is 5.73. The fourth-order valence-corrected chi connectivity index (χ4v) is 3.38. The van der Waals surface area contributed by atoms with E-state index in [1.807, 2.05) is 11.2 Å². The average molecular weight is 305 g/mol. The maximum Gasteiger partial charge on any atom is 0.219 e. The summed E-state index contributed by atoms with van der Waals surface area (Å²) in [6.45, 7) is 16.8. The van der Waals surface area contributed by atoms with E-state index in [0.29, 0.717) is 5.92 Å². The second-order valence-electron chi connectivity index (χ2n) is 8.55. The molecule has 2 heterocycles. The van der Waals surface area contributed by atoms with Crippen molar-refractivity contribution in [1.82, 2.24) is 14.5 Å². The Bertz CT molecular complexity index is 538. The molecule has 0 N–H and O–H groups in total. The maximum absolute atomic E-state index is 11.5. The van der Waals surface area contributed by atoms with Gasteiger partial charge in [0, 0.05) is 42.6 Å². The van der Waals surface area contributed by atoms with Gasteiger partial charge in [-0.2, -0.15) is 0 Å². The highest BCUT2D eigenvalue weighted by Gasteiger charge is 2.33. The zero-order valence-electron chi connectivity index (χ0n) is 15.2. The summed E-state index contributed by atoms with van der Waals surface area (Å²) in [4.78, 5) is 18.3. The van der Waals surface area contributed by atoms with Crippen molar-refractivity contribution in [3.63, 3.8) is 0 Å². The lowest BCUT2D eigenvalue weighted by atomic mass is 9.83. The van der Waals surface area contributed by atoms with E-state index in [4.69, 9.17) is 4.98 Å². The lowest BCUT2D eigenvalue weighted by Gasteiger charge is -2.34. The Labute approximate surface area is 134 Å². The predicted octanol–water partition coefficient (Wildman–Crippen LogP) is 3.66. The number of aromatic nitrogens is 2. The predicted molar refractivity (Wildman–Crippen MR) is 90.2 cm³/mol. The van der Waals surface area contributed by atoms with Crippen molar-refractivity contribution < 1.29 is 4.79 Å². The van der Waals surface area contributed by atoms with Crippen LogP contribution in [0.1, 0.15) is 78.6 Å². The van der Waals surface area contributed by atoms with Crippen LogP contribution in [0, 0.1) is 0 Å². The number of carbonyl (C=O) groups excluding carboxylic acids is 1. The standard InChI is InChI=1S/C18H31N3O/c1-13(22)20-10-8-14(9-11-20)15-16(17(2,3)4)21(12-19-15)18(5,6)7/h12,14H,8-11H2,1-7H3. The second kappa shape index (κ2) is 5.71. The van der Waals surface area contributed by atoms with Crippen LogP contribution in [0.2, 0.25) is 0 Å². The first-order valence-electron chi connectivity index (χ1n) is 8.35. The summed E-state index contributed by atoms with van der Waals surface area (Å²) in [7, 11) is 0. The third-order valence-corrected chi connectivity index (χ3v) is 4.56. The monoisotopic (exact) mass is 305 g/mol. The number of hydrogen-bond donors (Lipinski definition) is 0. The highest BCUT2D eigenvalue weighted by Crippen LogP contribution is 2.37. The van der Waals surface area contributed by atoms with Crippen molar-refractivity contribution in [2.45, 2.75) is 78.2 Å². The molecule has 0 radical (unpaired) electrons. The van der Waals surface area contributed by atoms with Gasteiger partial charge in [-0.1, -0.05) is 20.8 Å². The van der Waals surface area contributed by atoms with Gasteiger partial charge in [-0.3, -0.25) is 4.79 Å². The van der Waals surface area contributed by atoms with E-state index in [9.17, 15) is 4.79 Å². The molecule has 1 aromatic rings. The first kappa shape index (κ1) is 17.0.